The van der Waals surface area contributed by atoms with Gasteiger partial charge in [0.05, 0.1) is 0 Å². The summed E-state index contributed by atoms with van der Waals surface area (Å²) in [4.78, 5) is 10.8. The van der Waals surface area contributed by atoms with Crippen LogP contribution in [-0.4, -0.2) is 11.1 Å². The second kappa shape index (κ2) is 3.35. The zero-order valence-corrected chi connectivity index (χ0v) is 6.99. The monoisotopic (exact) mass is 190 g/mol. The van der Waals surface area contributed by atoms with Crippen molar-refractivity contribution in [1.29, 1.82) is 0 Å². The molecule has 0 spiro atoms. The van der Waals surface area contributed by atoms with Gasteiger partial charge in [-0.1, -0.05) is 15.9 Å². The topological polar surface area (TPSA) is 17.1 Å². The van der Waals surface area contributed by atoms with Gasteiger partial charge in [-0.05, 0) is 18.8 Å². The summed E-state index contributed by atoms with van der Waals surface area (Å²) < 4.78 is 0. The highest BCUT2D eigenvalue weighted by atomic mass is 79.9. The number of carbonyl (C=O) groups excluding carboxylic acids is 1. The van der Waals surface area contributed by atoms with Crippen LogP contribution >= 0.6 is 15.9 Å². The van der Waals surface area contributed by atoms with Crippen molar-refractivity contribution >= 4 is 21.7 Å². The minimum atomic E-state index is 0.450. The number of halogens is 1. The van der Waals surface area contributed by atoms with Crippen LogP contribution in [-0.2, 0) is 4.79 Å². The molecule has 0 aromatic heterocycles. The van der Waals surface area contributed by atoms with E-state index in [1.54, 1.807) is 0 Å². The molecular weight excluding hydrogens is 180 g/mol. The molecule has 1 atom stereocenters. The number of Topliss-reactive ketones (excluding diaryl/α,β-unsaturated/α-hetero) is 1. The number of rotatable bonds is 1. The normalized spacial score (nSPS) is 28.6. The molecule has 1 saturated carbocycles. The molecule has 1 unspecified atom stereocenters. The number of alkyl halides is 1. The molecule has 0 aromatic carbocycles. The first-order valence-electron chi connectivity index (χ1n) is 3.40. The van der Waals surface area contributed by atoms with Crippen LogP contribution in [0.4, 0.5) is 0 Å². The van der Waals surface area contributed by atoms with Crippen molar-refractivity contribution in [3.63, 3.8) is 0 Å². The fourth-order valence-electron chi connectivity index (χ4n) is 1.25. The molecule has 0 amide bonds. The molecule has 0 N–H and O–H groups in total. The lowest BCUT2D eigenvalue weighted by molar-refractivity contribution is -0.121. The number of hydrogen-bond donors (Lipinski definition) is 0. The van der Waals surface area contributed by atoms with Gasteiger partial charge in [-0.25, -0.2) is 0 Å². The van der Waals surface area contributed by atoms with E-state index in [4.69, 9.17) is 0 Å². The molecule has 2 heteroatoms. The number of ketones is 1. The summed E-state index contributed by atoms with van der Waals surface area (Å²) in [6.07, 6.45) is 3.97. The molecule has 0 heterocycles. The molecule has 1 nitrogen and oxygen atoms in total. The Bertz CT molecular complexity index is 111. The zero-order valence-electron chi connectivity index (χ0n) is 5.40. The molecule has 0 aliphatic heterocycles. The standard InChI is InChI=1S/C7H11BrO/c8-5-6-2-1-3-7(9)4-6/h6H,1-5H2. The second-order valence-corrected chi connectivity index (χ2v) is 3.30. The Hall–Kier alpha value is 0.150. The van der Waals surface area contributed by atoms with Crippen LogP contribution in [0.2, 0.25) is 0 Å². The molecule has 1 fully saturated rings. The average molecular weight is 191 g/mol. The lowest BCUT2D eigenvalue weighted by Crippen LogP contribution is -2.15. The van der Waals surface area contributed by atoms with Crippen LogP contribution in [0.25, 0.3) is 0 Å². The Morgan fingerprint density at radius 3 is 2.89 bits per heavy atom. The summed E-state index contributed by atoms with van der Waals surface area (Å²) in [5.74, 6) is 1.08. The van der Waals surface area contributed by atoms with E-state index in [2.05, 4.69) is 15.9 Å². The fraction of sp³-hybridized carbons (Fsp3) is 0.857. The molecule has 52 valence electrons. The highest BCUT2D eigenvalue weighted by Crippen LogP contribution is 2.22. The molecule has 1 aliphatic carbocycles. The van der Waals surface area contributed by atoms with Crippen molar-refractivity contribution < 1.29 is 4.79 Å². The van der Waals surface area contributed by atoms with Gasteiger partial charge in [0.25, 0.3) is 0 Å². The summed E-state index contributed by atoms with van der Waals surface area (Å²) in [5, 5.41) is 0.999. The van der Waals surface area contributed by atoms with Crippen LogP contribution in [0.5, 0.6) is 0 Å². The maximum Gasteiger partial charge on any atom is 0.133 e. The highest BCUT2D eigenvalue weighted by Gasteiger charge is 2.17. The predicted molar refractivity (Wildman–Crippen MR) is 40.8 cm³/mol. The lowest BCUT2D eigenvalue weighted by atomic mass is 9.90. The maximum absolute atomic E-state index is 10.8. The Labute approximate surface area is 64.0 Å². The zero-order chi connectivity index (χ0) is 6.69. The molecule has 0 radical (unpaired) electrons. The number of hydrogen-bond acceptors (Lipinski definition) is 1. The van der Waals surface area contributed by atoms with Gasteiger partial charge in [-0.2, -0.15) is 0 Å². The van der Waals surface area contributed by atoms with Gasteiger partial charge in [0, 0.05) is 18.2 Å². The Kier molecular flexibility index (Phi) is 2.70. The molecule has 1 aliphatic rings. The molecule has 0 bridgehead atoms. The smallest absolute Gasteiger partial charge is 0.133 e. The molecular formula is C7H11BrO. The van der Waals surface area contributed by atoms with Crippen molar-refractivity contribution in [3.05, 3.63) is 0 Å². The van der Waals surface area contributed by atoms with E-state index in [9.17, 15) is 4.79 Å². The van der Waals surface area contributed by atoms with E-state index < -0.39 is 0 Å². The summed E-state index contributed by atoms with van der Waals surface area (Å²) >= 11 is 3.39. The average Bonchev–Trinajstić information content (AvgIpc) is 1.88. The summed E-state index contributed by atoms with van der Waals surface area (Å²) in [6, 6.07) is 0. The summed E-state index contributed by atoms with van der Waals surface area (Å²) in [5.41, 5.74) is 0. The maximum atomic E-state index is 10.8. The first kappa shape index (κ1) is 7.26. The van der Waals surface area contributed by atoms with Crippen molar-refractivity contribution in [2.24, 2.45) is 5.92 Å². The lowest BCUT2D eigenvalue weighted by Gasteiger charge is -2.17. The third kappa shape index (κ3) is 2.09. The van der Waals surface area contributed by atoms with E-state index in [1.165, 1.54) is 6.42 Å². The van der Waals surface area contributed by atoms with Crippen LogP contribution in [0.1, 0.15) is 25.7 Å². The minimum Gasteiger partial charge on any atom is -0.300 e. The summed E-state index contributed by atoms with van der Waals surface area (Å²) in [7, 11) is 0. The van der Waals surface area contributed by atoms with Crippen LogP contribution in [0, 0.1) is 5.92 Å². The first-order chi connectivity index (χ1) is 4.33. The minimum absolute atomic E-state index is 0.450. The molecule has 9 heavy (non-hydrogen) atoms. The second-order valence-electron chi connectivity index (χ2n) is 2.66. The fourth-order valence-corrected chi connectivity index (χ4v) is 1.80. The van der Waals surface area contributed by atoms with Crippen LogP contribution in [0.3, 0.4) is 0 Å². The molecule has 0 saturated heterocycles. The quantitative estimate of drug-likeness (QED) is 0.580. The Morgan fingerprint density at radius 2 is 2.44 bits per heavy atom. The SMILES string of the molecule is O=C1CCCC(CBr)C1. The van der Waals surface area contributed by atoms with Gasteiger partial charge < -0.3 is 0 Å². The third-order valence-electron chi connectivity index (χ3n) is 1.80. The van der Waals surface area contributed by atoms with Crippen LogP contribution < -0.4 is 0 Å². The largest absolute Gasteiger partial charge is 0.300 e. The van der Waals surface area contributed by atoms with Gasteiger partial charge in [0.2, 0.25) is 0 Å². The number of carbonyl (C=O) groups is 1. The first-order valence-corrected chi connectivity index (χ1v) is 4.52. The van der Waals surface area contributed by atoms with Crippen molar-refractivity contribution in [3.8, 4) is 0 Å². The van der Waals surface area contributed by atoms with Crippen LogP contribution in [0.15, 0.2) is 0 Å². The third-order valence-corrected chi connectivity index (χ3v) is 2.72. The van der Waals surface area contributed by atoms with E-state index in [-0.39, 0.29) is 0 Å². The molecule has 0 aromatic rings. The van der Waals surface area contributed by atoms with E-state index >= 15 is 0 Å². The van der Waals surface area contributed by atoms with E-state index in [0.29, 0.717) is 11.7 Å². The van der Waals surface area contributed by atoms with Gasteiger partial charge >= 0.3 is 0 Å². The Balaban J connectivity index is 2.32. The van der Waals surface area contributed by atoms with Gasteiger partial charge in [0.1, 0.15) is 5.78 Å². The van der Waals surface area contributed by atoms with Crippen molar-refractivity contribution in [1.82, 2.24) is 0 Å². The van der Waals surface area contributed by atoms with Crippen molar-refractivity contribution in [2.75, 3.05) is 5.33 Å². The van der Waals surface area contributed by atoms with E-state index in [0.717, 1.165) is 24.6 Å². The van der Waals surface area contributed by atoms with Gasteiger partial charge in [0.15, 0.2) is 0 Å². The molecule has 1 rings (SSSR count). The van der Waals surface area contributed by atoms with E-state index in [1.807, 2.05) is 0 Å². The Morgan fingerprint density at radius 1 is 1.67 bits per heavy atom. The predicted octanol–water partition coefficient (Wildman–Crippen LogP) is 2.14. The van der Waals surface area contributed by atoms with Gasteiger partial charge in [-0.15, -0.1) is 0 Å². The van der Waals surface area contributed by atoms with Gasteiger partial charge in [-0.3, -0.25) is 4.79 Å². The van der Waals surface area contributed by atoms with Crippen molar-refractivity contribution in [2.45, 2.75) is 25.7 Å². The highest BCUT2D eigenvalue weighted by molar-refractivity contribution is 9.09. The summed E-state index contributed by atoms with van der Waals surface area (Å²) in [6.45, 7) is 0.